The van der Waals surface area contributed by atoms with Gasteiger partial charge in [0.2, 0.25) is 15.9 Å². The first kappa shape index (κ1) is 24.0. The largest absolute Gasteiger partial charge is 0.506 e. The van der Waals surface area contributed by atoms with E-state index in [-0.39, 0.29) is 29.8 Å². The molecular formula is C23H32N4O4S. The molecule has 1 atom stereocenters. The molecule has 32 heavy (non-hydrogen) atoms. The average molecular weight is 461 g/mol. The summed E-state index contributed by atoms with van der Waals surface area (Å²) in [6.45, 7) is 2.88. The number of carbonyl (C=O) groups is 1. The van der Waals surface area contributed by atoms with Gasteiger partial charge in [-0.1, -0.05) is 36.4 Å². The molecule has 0 saturated carbocycles. The van der Waals surface area contributed by atoms with Crippen LogP contribution in [-0.2, 0) is 21.2 Å². The van der Waals surface area contributed by atoms with E-state index < -0.39 is 10.0 Å². The van der Waals surface area contributed by atoms with E-state index in [4.69, 9.17) is 0 Å². The number of amides is 1. The molecule has 3 rings (SSSR count). The zero-order valence-electron chi connectivity index (χ0n) is 18.9. The van der Waals surface area contributed by atoms with Crippen molar-refractivity contribution in [1.82, 2.24) is 14.2 Å². The molecule has 174 valence electrons. The molecule has 1 aliphatic rings. The van der Waals surface area contributed by atoms with Crippen LogP contribution < -0.4 is 5.43 Å². The van der Waals surface area contributed by atoms with Crippen LogP contribution in [0.5, 0.6) is 5.75 Å². The number of hydrogen-bond acceptors (Lipinski definition) is 6. The Hall–Kier alpha value is -2.62. The second kappa shape index (κ2) is 10.3. The first-order valence-corrected chi connectivity index (χ1v) is 12.6. The van der Waals surface area contributed by atoms with Crippen molar-refractivity contribution in [3.63, 3.8) is 0 Å². The second-order valence-electron chi connectivity index (χ2n) is 8.31. The highest BCUT2D eigenvalue weighted by Crippen LogP contribution is 2.27. The Morgan fingerprint density at radius 1 is 1.12 bits per heavy atom. The highest BCUT2D eigenvalue weighted by molar-refractivity contribution is 7.88. The zero-order chi connectivity index (χ0) is 23.3. The molecule has 1 aliphatic heterocycles. The molecule has 8 nitrogen and oxygen atoms in total. The van der Waals surface area contributed by atoms with Crippen molar-refractivity contribution < 1.29 is 18.3 Å². The highest BCUT2D eigenvalue weighted by Gasteiger charge is 2.26. The van der Waals surface area contributed by atoms with E-state index in [1.54, 1.807) is 17.0 Å². The molecule has 2 N–H and O–H groups in total. The summed E-state index contributed by atoms with van der Waals surface area (Å²) in [5.74, 6) is -0.146. The fourth-order valence-electron chi connectivity index (χ4n) is 3.84. The number of rotatable bonds is 9. The van der Waals surface area contributed by atoms with Gasteiger partial charge in [-0.15, -0.1) is 4.41 Å². The topological polar surface area (TPSA) is 93.2 Å². The quantitative estimate of drug-likeness (QED) is 0.441. The van der Waals surface area contributed by atoms with E-state index in [0.717, 1.165) is 35.9 Å². The standard InChI is InChI=1S/C23H32N4O4S/c1-25(21(17-27-13-7-8-14-27)19-9-5-4-6-10-19)23(29)16-18-11-12-22(28)20(15-18)24-26(2)32(3,30)31/h4-6,9-12,15,21,24,28H,7-8,13-14,16-17H2,1-3H3/t21-/m1/s1. The minimum atomic E-state index is -3.49. The molecule has 0 bridgehead atoms. The lowest BCUT2D eigenvalue weighted by Gasteiger charge is -2.32. The van der Waals surface area contributed by atoms with Crippen molar-refractivity contribution >= 4 is 21.6 Å². The molecule has 2 aromatic carbocycles. The fourth-order valence-corrected chi connectivity index (χ4v) is 4.11. The fraction of sp³-hybridized carbons (Fsp3) is 0.435. The highest BCUT2D eigenvalue weighted by atomic mass is 32.2. The lowest BCUT2D eigenvalue weighted by molar-refractivity contribution is -0.131. The van der Waals surface area contributed by atoms with E-state index in [0.29, 0.717) is 5.56 Å². The summed E-state index contributed by atoms with van der Waals surface area (Å²) in [4.78, 5) is 17.4. The Kier molecular flexibility index (Phi) is 7.76. The summed E-state index contributed by atoms with van der Waals surface area (Å²) in [5, 5.41) is 10.1. The number of phenols is 1. The first-order valence-electron chi connectivity index (χ1n) is 10.7. The number of nitrogens with one attached hydrogen (secondary N) is 1. The smallest absolute Gasteiger partial charge is 0.227 e. The number of carbonyl (C=O) groups excluding carboxylic acids is 1. The lowest BCUT2D eigenvalue weighted by Crippen LogP contribution is -2.39. The predicted octanol–water partition coefficient (Wildman–Crippen LogP) is 2.45. The minimum Gasteiger partial charge on any atom is -0.506 e. The minimum absolute atomic E-state index is 0.0499. The van der Waals surface area contributed by atoms with Crippen molar-refractivity contribution in [1.29, 1.82) is 0 Å². The maximum Gasteiger partial charge on any atom is 0.227 e. The number of aromatic hydroxyl groups is 1. The van der Waals surface area contributed by atoms with Gasteiger partial charge in [0.1, 0.15) is 5.75 Å². The molecule has 9 heteroatoms. The maximum absolute atomic E-state index is 13.2. The van der Waals surface area contributed by atoms with E-state index in [9.17, 15) is 18.3 Å². The number of benzene rings is 2. The number of anilines is 1. The molecule has 1 saturated heterocycles. The van der Waals surface area contributed by atoms with Gasteiger partial charge in [-0.3, -0.25) is 4.79 Å². The maximum atomic E-state index is 13.2. The molecule has 2 aromatic rings. The monoisotopic (exact) mass is 460 g/mol. The molecular weight excluding hydrogens is 428 g/mol. The predicted molar refractivity (Wildman–Crippen MR) is 126 cm³/mol. The van der Waals surface area contributed by atoms with Crippen molar-refractivity contribution in [2.75, 3.05) is 45.4 Å². The normalized spacial score (nSPS) is 15.6. The van der Waals surface area contributed by atoms with Crippen LogP contribution in [0.25, 0.3) is 0 Å². The van der Waals surface area contributed by atoms with Gasteiger partial charge >= 0.3 is 0 Å². The summed E-state index contributed by atoms with van der Waals surface area (Å²) in [7, 11) is -0.312. The van der Waals surface area contributed by atoms with Gasteiger partial charge in [0, 0.05) is 20.6 Å². The molecule has 1 heterocycles. The van der Waals surface area contributed by atoms with Gasteiger partial charge in [-0.05, 0) is 49.2 Å². The van der Waals surface area contributed by atoms with Gasteiger partial charge in [-0.25, -0.2) is 8.42 Å². The molecule has 0 radical (unpaired) electrons. The van der Waals surface area contributed by atoms with E-state index in [1.165, 1.54) is 26.0 Å². The van der Waals surface area contributed by atoms with Crippen LogP contribution >= 0.6 is 0 Å². The third-order valence-electron chi connectivity index (χ3n) is 5.87. The number of sulfonamides is 1. The van der Waals surface area contributed by atoms with Crippen LogP contribution in [-0.4, -0.2) is 73.6 Å². The Morgan fingerprint density at radius 3 is 2.41 bits per heavy atom. The number of likely N-dealkylation sites (N-methyl/N-ethyl adjacent to an activating group) is 1. The molecule has 0 unspecified atom stereocenters. The molecule has 0 aromatic heterocycles. The van der Waals surface area contributed by atoms with Gasteiger partial charge < -0.3 is 20.3 Å². The molecule has 1 fully saturated rings. The van der Waals surface area contributed by atoms with Crippen LogP contribution in [0.2, 0.25) is 0 Å². The molecule has 0 aliphatic carbocycles. The van der Waals surface area contributed by atoms with Gasteiger partial charge in [-0.2, -0.15) is 0 Å². The summed E-state index contributed by atoms with van der Waals surface area (Å²) in [5.41, 5.74) is 4.65. The van der Waals surface area contributed by atoms with Crippen LogP contribution in [0.4, 0.5) is 5.69 Å². The van der Waals surface area contributed by atoms with Gasteiger partial charge in [0.05, 0.1) is 24.4 Å². The number of phenolic OH excluding ortho intramolecular Hbond substituents is 1. The van der Waals surface area contributed by atoms with Gasteiger partial charge in [0.25, 0.3) is 0 Å². The van der Waals surface area contributed by atoms with E-state index in [1.807, 2.05) is 37.4 Å². The Balaban J connectivity index is 1.76. The van der Waals surface area contributed by atoms with Crippen molar-refractivity contribution in [2.45, 2.75) is 25.3 Å². The Morgan fingerprint density at radius 2 is 1.78 bits per heavy atom. The van der Waals surface area contributed by atoms with Crippen LogP contribution in [0.1, 0.15) is 30.0 Å². The number of likely N-dealkylation sites (tertiary alicyclic amines) is 1. The van der Waals surface area contributed by atoms with Crippen molar-refractivity contribution in [3.8, 4) is 5.75 Å². The summed E-state index contributed by atoms with van der Waals surface area (Å²) in [6.07, 6.45) is 3.57. The summed E-state index contributed by atoms with van der Waals surface area (Å²) in [6, 6.07) is 14.7. The third-order valence-corrected chi connectivity index (χ3v) is 6.95. The second-order valence-corrected chi connectivity index (χ2v) is 10.3. The van der Waals surface area contributed by atoms with Gasteiger partial charge in [0.15, 0.2) is 0 Å². The average Bonchev–Trinajstić information content (AvgIpc) is 3.27. The third kappa shape index (κ3) is 6.21. The van der Waals surface area contributed by atoms with Crippen LogP contribution in [0, 0.1) is 0 Å². The van der Waals surface area contributed by atoms with E-state index >= 15 is 0 Å². The molecule has 0 spiro atoms. The van der Waals surface area contributed by atoms with Crippen LogP contribution in [0.3, 0.4) is 0 Å². The first-order chi connectivity index (χ1) is 15.1. The number of hydrogen-bond donors (Lipinski definition) is 2. The van der Waals surface area contributed by atoms with Crippen molar-refractivity contribution in [2.24, 2.45) is 0 Å². The molecule has 1 amide bonds. The van der Waals surface area contributed by atoms with Crippen molar-refractivity contribution in [3.05, 3.63) is 59.7 Å². The SMILES string of the molecule is CN(C(=O)Cc1ccc(O)c(NN(C)S(C)(=O)=O)c1)[C@H](CN1CCCC1)c1ccccc1. The Labute approximate surface area is 190 Å². The van der Waals surface area contributed by atoms with E-state index in [2.05, 4.69) is 10.3 Å². The summed E-state index contributed by atoms with van der Waals surface area (Å²) >= 11 is 0. The van der Waals surface area contributed by atoms with Crippen LogP contribution in [0.15, 0.2) is 48.5 Å². The lowest BCUT2D eigenvalue weighted by atomic mass is 10.0. The number of nitrogens with zero attached hydrogens (tertiary/aromatic N) is 3. The number of hydrazine groups is 1. The summed E-state index contributed by atoms with van der Waals surface area (Å²) < 4.78 is 24.3. The zero-order valence-corrected chi connectivity index (χ0v) is 19.7. The Bertz CT molecular complexity index is 1020.